The molecule has 2 aliphatic rings. The Bertz CT molecular complexity index is 994. The molecule has 2 aromatic rings. The van der Waals surface area contributed by atoms with Crippen LogP contribution in [0, 0.1) is 6.92 Å². The molecule has 0 aromatic carbocycles. The van der Waals surface area contributed by atoms with Crippen LogP contribution in [0.15, 0.2) is 10.4 Å². The van der Waals surface area contributed by atoms with Crippen molar-refractivity contribution < 1.29 is 14.1 Å². The number of thiazole rings is 1. The number of hydrazine groups is 1. The summed E-state index contributed by atoms with van der Waals surface area (Å²) in [6, 6.07) is -0.636. The lowest BCUT2D eigenvalue weighted by molar-refractivity contribution is 0.0783. The van der Waals surface area contributed by atoms with Gasteiger partial charge in [0.05, 0.1) is 11.9 Å². The predicted octanol–water partition coefficient (Wildman–Crippen LogP) is 2.87. The van der Waals surface area contributed by atoms with Gasteiger partial charge in [0.2, 0.25) is 0 Å². The lowest BCUT2D eigenvalue weighted by Crippen LogP contribution is -2.42. The van der Waals surface area contributed by atoms with E-state index >= 15 is 0 Å². The second-order valence-electron chi connectivity index (χ2n) is 8.09. The average molecular weight is 436 g/mol. The number of carbonyl (C=O) groups excluding carboxylic acids is 1. The Morgan fingerprint density at radius 2 is 2.14 bits per heavy atom. The Balaban J connectivity index is 1.58. The fourth-order valence-corrected chi connectivity index (χ4v) is 5.65. The van der Waals surface area contributed by atoms with Gasteiger partial charge in [0.25, 0.3) is 0 Å². The van der Waals surface area contributed by atoms with E-state index in [4.69, 9.17) is 10.8 Å². The standard InChI is InChI=1S/C19H25N5O3S2/c1-10-15(11-7-8-11)16(12-5-4-6-13(12)22-10)23-18(25)24(20)29(27)14-9-21-17(28-14)19(2,3)26/h9,11,26H,4-8,20H2,1-3H3,(H,22,23,25). The molecule has 8 nitrogen and oxygen atoms in total. The third-order valence-corrected chi connectivity index (χ3v) is 7.98. The number of aliphatic hydroxyl groups is 1. The summed E-state index contributed by atoms with van der Waals surface area (Å²) in [6.07, 6.45) is 6.34. The van der Waals surface area contributed by atoms with E-state index in [1.54, 1.807) is 13.8 Å². The minimum absolute atomic E-state index is 0.304. The first kappa shape index (κ1) is 20.4. The van der Waals surface area contributed by atoms with Crippen molar-refractivity contribution in [3.05, 3.63) is 33.7 Å². The van der Waals surface area contributed by atoms with Crippen LogP contribution in [0.5, 0.6) is 0 Å². The van der Waals surface area contributed by atoms with Crippen LogP contribution < -0.4 is 11.2 Å². The zero-order valence-corrected chi connectivity index (χ0v) is 18.3. The van der Waals surface area contributed by atoms with Gasteiger partial charge in [-0.05, 0) is 64.4 Å². The van der Waals surface area contributed by atoms with Gasteiger partial charge in [-0.2, -0.15) is 4.41 Å². The molecule has 1 saturated carbocycles. The number of hydrogen-bond donors (Lipinski definition) is 3. The predicted molar refractivity (Wildman–Crippen MR) is 112 cm³/mol. The summed E-state index contributed by atoms with van der Waals surface area (Å²) in [7, 11) is -1.92. The number of nitrogens with two attached hydrogens (primary N) is 1. The maximum Gasteiger partial charge on any atom is 0.348 e. The highest BCUT2D eigenvalue weighted by Crippen LogP contribution is 2.47. The molecule has 29 heavy (non-hydrogen) atoms. The fourth-order valence-electron chi connectivity index (χ4n) is 3.70. The molecule has 2 aliphatic carbocycles. The summed E-state index contributed by atoms with van der Waals surface area (Å²) in [5.41, 5.74) is 3.79. The summed E-state index contributed by atoms with van der Waals surface area (Å²) in [4.78, 5) is 21.7. The number of amides is 2. The lowest BCUT2D eigenvalue weighted by atomic mass is 10.0. The third kappa shape index (κ3) is 3.94. The molecule has 1 fully saturated rings. The van der Waals surface area contributed by atoms with Gasteiger partial charge in [-0.3, -0.25) is 4.98 Å². The molecule has 2 amide bonds. The zero-order valence-electron chi connectivity index (χ0n) is 16.7. The van der Waals surface area contributed by atoms with Gasteiger partial charge in [-0.25, -0.2) is 19.8 Å². The first-order valence-corrected chi connectivity index (χ1v) is 11.6. The maximum atomic E-state index is 12.8. The summed E-state index contributed by atoms with van der Waals surface area (Å²) >= 11 is 1.07. The molecule has 2 heterocycles. The highest BCUT2D eigenvalue weighted by molar-refractivity contribution is 7.85. The summed E-state index contributed by atoms with van der Waals surface area (Å²) in [5.74, 6) is 6.32. The van der Waals surface area contributed by atoms with Gasteiger partial charge < -0.3 is 10.4 Å². The van der Waals surface area contributed by atoms with Crippen LogP contribution >= 0.6 is 11.3 Å². The first-order chi connectivity index (χ1) is 13.7. The van der Waals surface area contributed by atoms with E-state index in [2.05, 4.69) is 10.3 Å². The molecular weight excluding hydrogens is 410 g/mol. The van der Waals surface area contributed by atoms with Gasteiger partial charge in [0.15, 0.2) is 11.0 Å². The highest BCUT2D eigenvalue weighted by atomic mass is 32.2. The second kappa shape index (κ2) is 7.42. The van der Waals surface area contributed by atoms with Gasteiger partial charge in [0, 0.05) is 17.0 Å². The molecule has 4 rings (SSSR count). The van der Waals surface area contributed by atoms with Crippen LogP contribution in [0.2, 0.25) is 0 Å². The Labute approximate surface area is 176 Å². The van der Waals surface area contributed by atoms with Gasteiger partial charge in [-0.1, -0.05) is 0 Å². The quantitative estimate of drug-likeness (QED) is 0.377. The molecule has 10 heteroatoms. The van der Waals surface area contributed by atoms with E-state index in [0.717, 1.165) is 71.6 Å². The van der Waals surface area contributed by atoms with Gasteiger partial charge >= 0.3 is 6.03 Å². The average Bonchev–Trinajstić information content (AvgIpc) is 3.16. The summed E-state index contributed by atoms with van der Waals surface area (Å²) < 4.78 is 13.8. The molecule has 2 aromatic heterocycles. The first-order valence-electron chi connectivity index (χ1n) is 9.65. The van der Waals surface area contributed by atoms with E-state index in [9.17, 15) is 14.1 Å². The largest absolute Gasteiger partial charge is 0.383 e. The smallest absolute Gasteiger partial charge is 0.348 e. The van der Waals surface area contributed by atoms with Crippen molar-refractivity contribution in [3.8, 4) is 0 Å². The summed E-state index contributed by atoms with van der Waals surface area (Å²) in [6.45, 7) is 5.17. The van der Waals surface area contributed by atoms with Crippen LogP contribution in [-0.2, 0) is 29.4 Å². The molecule has 1 unspecified atom stereocenters. The van der Waals surface area contributed by atoms with E-state index < -0.39 is 22.6 Å². The summed E-state index contributed by atoms with van der Waals surface area (Å²) in [5, 5.41) is 13.4. The number of rotatable bonds is 5. The van der Waals surface area contributed by atoms with Crippen molar-refractivity contribution in [1.82, 2.24) is 14.4 Å². The van der Waals surface area contributed by atoms with Crippen LogP contribution in [0.1, 0.15) is 66.6 Å². The monoisotopic (exact) mass is 435 g/mol. The molecule has 1 atom stereocenters. The molecule has 0 saturated heterocycles. The number of aryl methyl sites for hydroxylation is 2. The number of nitrogens with one attached hydrogen (secondary N) is 1. The molecule has 0 aliphatic heterocycles. The number of pyridine rings is 1. The highest BCUT2D eigenvalue weighted by Gasteiger charge is 2.34. The van der Waals surface area contributed by atoms with Crippen molar-refractivity contribution in [2.24, 2.45) is 5.84 Å². The minimum Gasteiger partial charge on any atom is -0.383 e. The van der Waals surface area contributed by atoms with E-state index in [1.165, 1.54) is 6.20 Å². The normalized spacial score (nSPS) is 17.1. The Kier molecular flexibility index (Phi) is 5.22. The Hall–Kier alpha value is -1.88. The molecule has 0 radical (unpaired) electrons. The van der Waals surface area contributed by atoms with Gasteiger partial charge in [-0.15, -0.1) is 11.3 Å². The number of hydrogen-bond acceptors (Lipinski definition) is 7. The topological polar surface area (TPSA) is 121 Å². The molecule has 4 N–H and O–H groups in total. The van der Waals surface area contributed by atoms with Crippen LogP contribution in [-0.4, -0.2) is 29.7 Å². The molecule has 156 valence electrons. The van der Waals surface area contributed by atoms with E-state index in [1.807, 2.05) is 6.92 Å². The second-order valence-corrected chi connectivity index (χ2v) is 10.7. The van der Waals surface area contributed by atoms with E-state index in [0.29, 0.717) is 19.5 Å². The van der Waals surface area contributed by atoms with Crippen molar-refractivity contribution in [3.63, 3.8) is 0 Å². The van der Waals surface area contributed by atoms with Crippen LogP contribution in [0.4, 0.5) is 10.5 Å². The SMILES string of the molecule is Cc1nc2c(c(NC(=O)N(N)S(=O)c3cnc(C(C)(C)O)s3)c1C1CC1)CCC2. The van der Waals surface area contributed by atoms with Crippen molar-refractivity contribution in [1.29, 1.82) is 0 Å². The lowest BCUT2D eigenvalue weighted by Gasteiger charge is -2.20. The fraction of sp³-hybridized carbons (Fsp3) is 0.526. The molecule has 0 bridgehead atoms. The van der Waals surface area contributed by atoms with Gasteiger partial charge in [0.1, 0.15) is 14.8 Å². The Morgan fingerprint density at radius 3 is 2.76 bits per heavy atom. The number of carbonyl (C=O) groups is 1. The van der Waals surface area contributed by atoms with E-state index in [-0.39, 0.29) is 0 Å². The third-order valence-electron chi connectivity index (χ3n) is 5.23. The Morgan fingerprint density at radius 1 is 1.41 bits per heavy atom. The number of anilines is 1. The number of fused-ring (bicyclic) bond motifs is 1. The molecule has 0 spiro atoms. The van der Waals surface area contributed by atoms with Crippen molar-refractivity contribution in [2.45, 2.75) is 68.6 Å². The van der Waals surface area contributed by atoms with Crippen molar-refractivity contribution in [2.75, 3.05) is 5.32 Å². The minimum atomic E-state index is -1.92. The van der Waals surface area contributed by atoms with Crippen LogP contribution in [0.3, 0.4) is 0 Å². The maximum absolute atomic E-state index is 12.8. The molecular formula is C19H25N5O3S2. The van der Waals surface area contributed by atoms with Crippen molar-refractivity contribution >= 4 is 34.0 Å². The number of nitrogens with zero attached hydrogens (tertiary/aromatic N) is 3. The number of aromatic nitrogens is 2. The zero-order chi connectivity index (χ0) is 20.9. The van der Waals surface area contributed by atoms with Crippen LogP contribution in [0.25, 0.3) is 0 Å². The number of urea groups is 1.